The molecule has 0 aliphatic carbocycles. The number of anilines is 1. The maximum atomic E-state index is 12.6. The van der Waals surface area contributed by atoms with E-state index in [1.807, 2.05) is 48.5 Å². The summed E-state index contributed by atoms with van der Waals surface area (Å²) in [4.78, 5) is 33.1. The second-order valence-electron chi connectivity index (χ2n) is 6.79. The van der Waals surface area contributed by atoms with Crippen LogP contribution in [0.1, 0.15) is 18.4 Å². The van der Waals surface area contributed by atoms with Gasteiger partial charge in [0.2, 0.25) is 5.91 Å². The Kier molecular flexibility index (Phi) is 5.00. The van der Waals surface area contributed by atoms with Crippen molar-refractivity contribution in [2.24, 2.45) is 0 Å². The molecule has 3 aromatic rings. The smallest absolute Gasteiger partial charge is 0.267 e. The number of hydrogen-bond acceptors (Lipinski definition) is 5. The number of carbonyl (C=O) groups is 2. The molecule has 1 aromatic heterocycles. The summed E-state index contributed by atoms with van der Waals surface area (Å²) >= 11 is 1.59. The van der Waals surface area contributed by atoms with Gasteiger partial charge in [0.25, 0.3) is 5.91 Å². The molecule has 7 heteroatoms. The lowest BCUT2D eigenvalue weighted by molar-refractivity contribution is -0.130. The Hall–Kier alpha value is -2.93. The number of para-hydroxylation sites is 3. The molecular formula is C21H21N3O3S. The van der Waals surface area contributed by atoms with Crippen molar-refractivity contribution in [3.8, 4) is 5.75 Å². The van der Waals surface area contributed by atoms with Crippen molar-refractivity contribution >= 4 is 39.1 Å². The van der Waals surface area contributed by atoms with Gasteiger partial charge in [-0.05, 0) is 31.2 Å². The zero-order valence-corrected chi connectivity index (χ0v) is 16.6. The number of hydrogen-bond donors (Lipinski definition) is 0. The van der Waals surface area contributed by atoms with Crippen LogP contribution in [-0.2, 0) is 16.1 Å². The molecule has 6 nitrogen and oxygen atoms in total. The van der Waals surface area contributed by atoms with Gasteiger partial charge in [-0.3, -0.25) is 9.59 Å². The zero-order chi connectivity index (χ0) is 19.7. The summed E-state index contributed by atoms with van der Waals surface area (Å²) in [7, 11) is 1.77. The van der Waals surface area contributed by atoms with Crippen LogP contribution in [0.5, 0.6) is 5.75 Å². The minimum absolute atomic E-state index is 0.0244. The maximum absolute atomic E-state index is 12.6. The molecule has 2 amide bonds. The Morgan fingerprint density at radius 3 is 2.79 bits per heavy atom. The van der Waals surface area contributed by atoms with E-state index in [9.17, 15) is 9.59 Å². The van der Waals surface area contributed by atoms with Crippen LogP contribution in [0.15, 0.2) is 48.5 Å². The predicted molar refractivity (Wildman–Crippen MR) is 110 cm³/mol. The van der Waals surface area contributed by atoms with Crippen LogP contribution < -0.4 is 9.64 Å². The first kappa shape index (κ1) is 18.4. The van der Waals surface area contributed by atoms with E-state index in [-0.39, 0.29) is 18.2 Å². The fraction of sp³-hybridized carbons (Fsp3) is 0.286. The normalized spacial score (nSPS) is 16.0. The number of amides is 2. The van der Waals surface area contributed by atoms with E-state index in [4.69, 9.17) is 4.74 Å². The summed E-state index contributed by atoms with van der Waals surface area (Å²) in [6.07, 6.45) is -0.306. The number of benzene rings is 2. The lowest BCUT2D eigenvalue weighted by Crippen LogP contribution is -2.45. The summed E-state index contributed by atoms with van der Waals surface area (Å²) in [6, 6.07) is 15.4. The minimum atomic E-state index is -0.550. The van der Waals surface area contributed by atoms with E-state index in [0.717, 1.165) is 15.2 Å². The highest BCUT2D eigenvalue weighted by Gasteiger charge is 2.31. The zero-order valence-electron chi connectivity index (χ0n) is 15.8. The van der Waals surface area contributed by atoms with Crippen molar-refractivity contribution in [1.29, 1.82) is 0 Å². The number of aromatic nitrogens is 1. The molecule has 0 radical (unpaired) electrons. The van der Waals surface area contributed by atoms with Crippen molar-refractivity contribution in [3.05, 3.63) is 53.5 Å². The molecule has 28 heavy (non-hydrogen) atoms. The van der Waals surface area contributed by atoms with Crippen molar-refractivity contribution in [3.63, 3.8) is 0 Å². The highest BCUT2D eigenvalue weighted by molar-refractivity contribution is 7.18. The van der Waals surface area contributed by atoms with Crippen molar-refractivity contribution in [2.45, 2.75) is 26.0 Å². The van der Waals surface area contributed by atoms with E-state index >= 15 is 0 Å². The molecule has 2 heterocycles. The first-order valence-electron chi connectivity index (χ1n) is 9.18. The molecule has 0 bridgehead atoms. The summed E-state index contributed by atoms with van der Waals surface area (Å²) in [5, 5.41) is 0.901. The average Bonchev–Trinajstić information content (AvgIpc) is 3.10. The predicted octanol–water partition coefficient (Wildman–Crippen LogP) is 3.46. The summed E-state index contributed by atoms with van der Waals surface area (Å²) in [6.45, 7) is 2.52. The fourth-order valence-electron chi connectivity index (χ4n) is 3.27. The third-order valence-corrected chi connectivity index (χ3v) is 5.78. The van der Waals surface area contributed by atoms with Gasteiger partial charge in [0.05, 0.1) is 22.4 Å². The second kappa shape index (κ2) is 7.59. The first-order valence-corrected chi connectivity index (χ1v) is 10.00. The Bertz CT molecular complexity index is 999. The van der Waals surface area contributed by atoms with Crippen LogP contribution in [0.4, 0.5) is 5.69 Å². The molecule has 4 rings (SSSR count). The molecule has 2 aromatic carbocycles. The molecular weight excluding hydrogens is 374 g/mol. The first-order chi connectivity index (χ1) is 13.5. The van der Waals surface area contributed by atoms with Gasteiger partial charge in [-0.25, -0.2) is 4.98 Å². The SMILES string of the molecule is CC1Oc2ccccc2N(CCC(=O)N(C)Cc2nc3ccccc3s2)C1=O. The number of carbonyl (C=O) groups excluding carboxylic acids is 2. The van der Waals surface area contributed by atoms with Gasteiger partial charge in [-0.15, -0.1) is 11.3 Å². The number of ether oxygens (including phenoxy) is 1. The Morgan fingerprint density at radius 1 is 1.21 bits per heavy atom. The second-order valence-corrected chi connectivity index (χ2v) is 7.91. The molecule has 0 saturated carbocycles. The van der Waals surface area contributed by atoms with E-state index in [0.29, 0.717) is 24.5 Å². The summed E-state index contributed by atoms with van der Waals surface area (Å²) < 4.78 is 6.76. The summed E-state index contributed by atoms with van der Waals surface area (Å²) in [5.41, 5.74) is 1.67. The molecule has 1 atom stereocenters. The van der Waals surface area contributed by atoms with Gasteiger partial charge in [-0.1, -0.05) is 24.3 Å². The highest BCUT2D eigenvalue weighted by atomic mass is 32.1. The molecule has 0 spiro atoms. The number of nitrogens with zero attached hydrogens (tertiary/aromatic N) is 3. The van der Waals surface area contributed by atoms with Crippen LogP contribution in [0.3, 0.4) is 0 Å². The maximum Gasteiger partial charge on any atom is 0.267 e. The van der Waals surface area contributed by atoms with Crippen LogP contribution in [0.25, 0.3) is 10.2 Å². The van der Waals surface area contributed by atoms with Gasteiger partial charge in [0.15, 0.2) is 6.10 Å². The largest absolute Gasteiger partial charge is 0.479 e. The standard InChI is InChI=1S/C21H21N3O3S/c1-14-21(26)24(16-8-4-5-9-17(16)27-14)12-11-20(25)23(2)13-19-22-15-7-3-6-10-18(15)28-19/h3-10,14H,11-13H2,1-2H3. The van der Waals surface area contributed by atoms with E-state index < -0.39 is 6.10 Å². The van der Waals surface area contributed by atoms with Gasteiger partial charge in [0.1, 0.15) is 10.8 Å². The quantitative estimate of drug-likeness (QED) is 0.664. The van der Waals surface area contributed by atoms with Crippen LogP contribution in [-0.4, -0.2) is 41.4 Å². The lowest BCUT2D eigenvalue weighted by Gasteiger charge is -2.33. The molecule has 0 saturated heterocycles. The van der Waals surface area contributed by atoms with Gasteiger partial charge in [0, 0.05) is 20.0 Å². The van der Waals surface area contributed by atoms with Gasteiger partial charge in [-0.2, -0.15) is 0 Å². The Labute approximate surface area is 167 Å². The molecule has 1 aliphatic heterocycles. The van der Waals surface area contributed by atoms with Crippen molar-refractivity contribution < 1.29 is 14.3 Å². The third-order valence-electron chi connectivity index (χ3n) is 4.76. The van der Waals surface area contributed by atoms with Gasteiger partial charge >= 0.3 is 0 Å². The van der Waals surface area contributed by atoms with Crippen molar-refractivity contribution in [2.75, 3.05) is 18.5 Å². The Balaban J connectivity index is 1.41. The highest BCUT2D eigenvalue weighted by Crippen LogP contribution is 2.33. The van der Waals surface area contributed by atoms with Crippen LogP contribution in [0, 0.1) is 0 Å². The lowest BCUT2D eigenvalue weighted by atomic mass is 10.1. The topological polar surface area (TPSA) is 62.7 Å². The molecule has 1 aliphatic rings. The van der Waals surface area contributed by atoms with E-state index in [1.165, 1.54) is 0 Å². The van der Waals surface area contributed by atoms with E-state index in [2.05, 4.69) is 4.98 Å². The van der Waals surface area contributed by atoms with Crippen molar-refractivity contribution in [1.82, 2.24) is 9.88 Å². The van der Waals surface area contributed by atoms with Crippen LogP contribution >= 0.6 is 11.3 Å². The average molecular weight is 395 g/mol. The number of thiazole rings is 1. The number of rotatable bonds is 5. The fourth-order valence-corrected chi connectivity index (χ4v) is 4.29. The van der Waals surface area contributed by atoms with Crippen LogP contribution in [0.2, 0.25) is 0 Å². The van der Waals surface area contributed by atoms with Gasteiger partial charge < -0.3 is 14.5 Å². The molecule has 0 fully saturated rings. The monoisotopic (exact) mass is 395 g/mol. The summed E-state index contributed by atoms with van der Waals surface area (Å²) in [5.74, 6) is 0.522. The molecule has 1 unspecified atom stereocenters. The number of fused-ring (bicyclic) bond motifs is 2. The molecule has 144 valence electrons. The minimum Gasteiger partial charge on any atom is -0.479 e. The van der Waals surface area contributed by atoms with E-state index in [1.54, 1.807) is 35.1 Å². The molecule has 0 N–H and O–H groups in total. The third kappa shape index (κ3) is 3.57. The Morgan fingerprint density at radius 2 is 1.96 bits per heavy atom.